The number of benzene rings is 1. The standard InChI is InChI=1S/C12H18N2O2/c13-3-1-9-7-11-12(16-6-5-15-11)8-10(9)2-4-14/h7-8H,1-6,13-14H2. The van der Waals surface area contributed by atoms with Crippen LogP contribution in [-0.2, 0) is 12.8 Å². The first-order chi connectivity index (χ1) is 7.85. The topological polar surface area (TPSA) is 70.5 Å². The summed E-state index contributed by atoms with van der Waals surface area (Å²) in [6.45, 7) is 2.50. The van der Waals surface area contributed by atoms with E-state index >= 15 is 0 Å². The van der Waals surface area contributed by atoms with E-state index in [4.69, 9.17) is 20.9 Å². The maximum Gasteiger partial charge on any atom is 0.161 e. The molecule has 0 amide bonds. The predicted molar refractivity (Wildman–Crippen MR) is 62.9 cm³/mol. The van der Waals surface area contributed by atoms with Gasteiger partial charge in [0.15, 0.2) is 11.5 Å². The van der Waals surface area contributed by atoms with Crippen molar-refractivity contribution in [2.75, 3.05) is 26.3 Å². The first kappa shape index (κ1) is 11.2. The molecule has 0 radical (unpaired) electrons. The van der Waals surface area contributed by atoms with Crippen LogP contribution in [0.25, 0.3) is 0 Å². The van der Waals surface area contributed by atoms with Gasteiger partial charge in [-0.25, -0.2) is 0 Å². The summed E-state index contributed by atoms with van der Waals surface area (Å²) in [5.74, 6) is 1.66. The lowest BCUT2D eigenvalue weighted by atomic mass is 10.0. The van der Waals surface area contributed by atoms with Gasteiger partial charge in [0.05, 0.1) is 0 Å². The van der Waals surface area contributed by atoms with E-state index in [-0.39, 0.29) is 0 Å². The largest absolute Gasteiger partial charge is 0.486 e. The molecule has 0 atom stereocenters. The van der Waals surface area contributed by atoms with E-state index in [1.54, 1.807) is 0 Å². The first-order valence-corrected chi connectivity index (χ1v) is 5.66. The Bertz CT molecular complexity index is 331. The highest BCUT2D eigenvalue weighted by atomic mass is 16.6. The Morgan fingerprint density at radius 3 is 1.69 bits per heavy atom. The van der Waals surface area contributed by atoms with Gasteiger partial charge in [-0.15, -0.1) is 0 Å². The van der Waals surface area contributed by atoms with Crippen LogP contribution in [0.1, 0.15) is 11.1 Å². The predicted octanol–water partition coefficient (Wildman–Crippen LogP) is 0.460. The fraction of sp³-hybridized carbons (Fsp3) is 0.500. The molecular formula is C12H18N2O2. The van der Waals surface area contributed by atoms with Crippen LogP contribution in [-0.4, -0.2) is 26.3 Å². The zero-order valence-corrected chi connectivity index (χ0v) is 9.37. The molecule has 1 aromatic rings. The molecule has 4 N–H and O–H groups in total. The van der Waals surface area contributed by atoms with Crippen molar-refractivity contribution >= 4 is 0 Å². The van der Waals surface area contributed by atoms with E-state index in [1.807, 2.05) is 12.1 Å². The number of nitrogens with two attached hydrogens (primary N) is 2. The highest BCUT2D eigenvalue weighted by Gasteiger charge is 2.14. The van der Waals surface area contributed by atoms with Gasteiger partial charge >= 0.3 is 0 Å². The fourth-order valence-electron chi connectivity index (χ4n) is 1.95. The summed E-state index contributed by atoms with van der Waals surface area (Å²) >= 11 is 0. The Morgan fingerprint density at radius 2 is 1.31 bits per heavy atom. The second kappa shape index (κ2) is 5.18. The Hall–Kier alpha value is -1.26. The molecule has 1 heterocycles. The molecule has 4 nitrogen and oxygen atoms in total. The maximum absolute atomic E-state index is 5.60. The second-order valence-electron chi connectivity index (χ2n) is 3.84. The van der Waals surface area contributed by atoms with Gasteiger partial charge in [0.2, 0.25) is 0 Å². The van der Waals surface area contributed by atoms with E-state index in [9.17, 15) is 0 Å². The molecule has 2 rings (SSSR count). The van der Waals surface area contributed by atoms with Gasteiger partial charge in [-0.3, -0.25) is 0 Å². The number of fused-ring (bicyclic) bond motifs is 1. The van der Waals surface area contributed by atoms with Gasteiger partial charge < -0.3 is 20.9 Å². The van der Waals surface area contributed by atoms with Gasteiger partial charge in [-0.05, 0) is 49.2 Å². The van der Waals surface area contributed by atoms with Gasteiger partial charge in [0.1, 0.15) is 13.2 Å². The van der Waals surface area contributed by atoms with Crippen LogP contribution >= 0.6 is 0 Å². The van der Waals surface area contributed by atoms with Crippen molar-refractivity contribution in [1.82, 2.24) is 0 Å². The van der Waals surface area contributed by atoms with Crippen molar-refractivity contribution in [1.29, 1.82) is 0 Å². The van der Waals surface area contributed by atoms with Gasteiger partial charge in [0, 0.05) is 0 Å². The fourth-order valence-corrected chi connectivity index (χ4v) is 1.95. The van der Waals surface area contributed by atoms with E-state index < -0.39 is 0 Å². The van der Waals surface area contributed by atoms with Crippen LogP contribution in [0.4, 0.5) is 0 Å². The van der Waals surface area contributed by atoms with Crippen molar-refractivity contribution < 1.29 is 9.47 Å². The monoisotopic (exact) mass is 222 g/mol. The minimum absolute atomic E-state index is 0.616. The molecule has 4 heteroatoms. The SMILES string of the molecule is NCCc1cc2c(cc1CCN)OCCO2. The summed E-state index contributed by atoms with van der Waals surface area (Å²) in [6, 6.07) is 4.07. The number of hydrogen-bond donors (Lipinski definition) is 2. The van der Waals surface area contributed by atoms with Crippen LogP contribution < -0.4 is 20.9 Å². The van der Waals surface area contributed by atoms with Gasteiger partial charge in [-0.2, -0.15) is 0 Å². The average molecular weight is 222 g/mol. The van der Waals surface area contributed by atoms with Crippen molar-refractivity contribution in [2.45, 2.75) is 12.8 Å². The summed E-state index contributed by atoms with van der Waals surface area (Å²) in [5.41, 5.74) is 13.6. The molecule has 0 aromatic heterocycles. The van der Waals surface area contributed by atoms with Crippen LogP contribution in [0.2, 0.25) is 0 Å². The van der Waals surface area contributed by atoms with Gasteiger partial charge in [0.25, 0.3) is 0 Å². The summed E-state index contributed by atoms with van der Waals surface area (Å²) in [5, 5.41) is 0. The molecule has 88 valence electrons. The summed E-state index contributed by atoms with van der Waals surface area (Å²) in [6.07, 6.45) is 1.71. The van der Waals surface area contributed by atoms with Crippen molar-refractivity contribution in [3.8, 4) is 11.5 Å². The van der Waals surface area contributed by atoms with E-state index in [0.717, 1.165) is 24.3 Å². The van der Waals surface area contributed by atoms with E-state index in [1.165, 1.54) is 11.1 Å². The molecule has 0 fully saturated rings. The molecule has 0 saturated carbocycles. The molecule has 0 unspecified atom stereocenters. The normalized spacial score (nSPS) is 13.9. The molecule has 1 aliphatic heterocycles. The lowest BCUT2D eigenvalue weighted by Crippen LogP contribution is -2.17. The van der Waals surface area contributed by atoms with E-state index in [0.29, 0.717) is 26.3 Å². The van der Waals surface area contributed by atoms with Crippen molar-refractivity contribution in [2.24, 2.45) is 11.5 Å². The van der Waals surface area contributed by atoms with Crippen LogP contribution in [0.15, 0.2) is 12.1 Å². The van der Waals surface area contributed by atoms with Crippen LogP contribution in [0.3, 0.4) is 0 Å². The Morgan fingerprint density at radius 1 is 0.875 bits per heavy atom. The Labute approximate surface area is 95.5 Å². The molecule has 0 saturated heterocycles. The molecule has 1 aliphatic rings. The third kappa shape index (κ3) is 2.28. The third-order valence-electron chi connectivity index (χ3n) is 2.69. The molecule has 0 spiro atoms. The van der Waals surface area contributed by atoms with Crippen molar-refractivity contribution in [3.05, 3.63) is 23.3 Å². The average Bonchev–Trinajstić information content (AvgIpc) is 2.30. The van der Waals surface area contributed by atoms with Crippen molar-refractivity contribution in [3.63, 3.8) is 0 Å². The zero-order chi connectivity index (χ0) is 11.4. The molecule has 1 aromatic carbocycles. The third-order valence-corrected chi connectivity index (χ3v) is 2.69. The quantitative estimate of drug-likeness (QED) is 0.776. The van der Waals surface area contributed by atoms with Crippen LogP contribution in [0.5, 0.6) is 11.5 Å². The summed E-state index contributed by atoms with van der Waals surface area (Å²) < 4.78 is 11.1. The summed E-state index contributed by atoms with van der Waals surface area (Å²) in [7, 11) is 0. The number of rotatable bonds is 4. The Kier molecular flexibility index (Phi) is 3.64. The second-order valence-corrected chi connectivity index (χ2v) is 3.84. The highest BCUT2D eigenvalue weighted by Crippen LogP contribution is 2.33. The first-order valence-electron chi connectivity index (χ1n) is 5.66. The molecular weight excluding hydrogens is 204 g/mol. The summed E-state index contributed by atoms with van der Waals surface area (Å²) in [4.78, 5) is 0. The Balaban J connectivity index is 2.33. The minimum atomic E-state index is 0.616. The smallest absolute Gasteiger partial charge is 0.161 e. The highest BCUT2D eigenvalue weighted by molar-refractivity contribution is 5.48. The zero-order valence-electron chi connectivity index (χ0n) is 9.37. The minimum Gasteiger partial charge on any atom is -0.486 e. The lowest BCUT2D eigenvalue weighted by Gasteiger charge is -2.21. The number of hydrogen-bond acceptors (Lipinski definition) is 4. The molecule has 0 bridgehead atoms. The molecule has 0 aliphatic carbocycles. The van der Waals surface area contributed by atoms with E-state index in [2.05, 4.69) is 0 Å². The van der Waals surface area contributed by atoms with Crippen LogP contribution in [0, 0.1) is 0 Å². The lowest BCUT2D eigenvalue weighted by molar-refractivity contribution is 0.171. The maximum atomic E-state index is 5.60. The van der Waals surface area contributed by atoms with Gasteiger partial charge in [-0.1, -0.05) is 0 Å². The molecule has 16 heavy (non-hydrogen) atoms. The number of ether oxygens (including phenoxy) is 2.